The standard InChI is InChI=1S/C17H20N2O4S/c1-24(21,22)19-12-14-6-3-2-5-13(14)11-16(19)17(20)18-9-8-15-7-4-10-23-15/h2-7,10,16H,8-9,11-12H2,1H3,(H,18,20). The quantitative estimate of drug-likeness (QED) is 0.884. The van der Waals surface area contributed by atoms with Crippen LogP contribution < -0.4 is 5.32 Å². The van der Waals surface area contributed by atoms with Crippen LogP contribution in [0.3, 0.4) is 0 Å². The zero-order valence-corrected chi connectivity index (χ0v) is 14.3. The number of nitrogens with one attached hydrogen (secondary N) is 1. The van der Waals surface area contributed by atoms with Crippen molar-refractivity contribution in [2.45, 2.75) is 25.4 Å². The molecular weight excluding hydrogens is 328 g/mol. The minimum Gasteiger partial charge on any atom is -0.469 e. The molecule has 0 spiro atoms. The van der Waals surface area contributed by atoms with E-state index in [4.69, 9.17) is 4.42 Å². The van der Waals surface area contributed by atoms with Gasteiger partial charge in [-0.3, -0.25) is 4.79 Å². The number of carbonyl (C=O) groups is 1. The second-order valence-corrected chi connectivity index (χ2v) is 7.85. The molecule has 1 unspecified atom stereocenters. The van der Waals surface area contributed by atoms with E-state index in [1.54, 1.807) is 12.3 Å². The second-order valence-electron chi connectivity index (χ2n) is 5.92. The molecule has 6 nitrogen and oxygen atoms in total. The molecule has 24 heavy (non-hydrogen) atoms. The van der Waals surface area contributed by atoms with Gasteiger partial charge in [-0.05, 0) is 29.7 Å². The van der Waals surface area contributed by atoms with E-state index in [0.717, 1.165) is 23.1 Å². The molecular formula is C17H20N2O4S. The molecule has 128 valence electrons. The predicted molar refractivity (Wildman–Crippen MR) is 89.7 cm³/mol. The third-order valence-corrected chi connectivity index (χ3v) is 5.42. The summed E-state index contributed by atoms with van der Waals surface area (Å²) in [6, 6.07) is 10.5. The van der Waals surface area contributed by atoms with E-state index in [9.17, 15) is 13.2 Å². The fourth-order valence-electron chi connectivity index (χ4n) is 2.95. The molecule has 0 aliphatic carbocycles. The summed E-state index contributed by atoms with van der Waals surface area (Å²) < 4.78 is 30.7. The lowest BCUT2D eigenvalue weighted by Gasteiger charge is -2.34. The van der Waals surface area contributed by atoms with Crippen molar-refractivity contribution >= 4 is 15.9 Å². The summed E-state index contributed by atoms with van der Waals surface area (Å²) in [4.78, 5) is 12.5. The van der Waals surface area contributed by atoms with Crippen molar-refractivity contribution in [3.05, 3.63) is 59.5 Å². The Labute approximate surface area is 141 Å². The number of sulfonamides is 1. The van der Waals surface area contributed by atoms with Crippen LogP contribution in [-0.4, -0.2) is 37.5 Å². The molecule has 0 saturated carbocycles. The Bertz CT molecular complexity index is 815. The third-order valence-electron chi connectivity index (χ3n) is 4.18. The van der Waals surface area contributed by atoms with Crippen molar-refractivity contribution in [3.63, 3.8) is 0 Å². The minimum atomic E-state index is -3.48. The highest BCUT2D eigenvalue weighted by Gasteiger charge is 2.36. The Balaban J connectivity index is 1.72. The van der Waals surface area contributed by atoms with E-state index in [1.165, 1.54) is 4.31 Å². The Kier molecular flexibility index (Phi) is 4.73. The average Bonchev–Trinajstić information content (AvgIpc) is 3.06. The van der Waals surface area contributed by atoms with Gasteiger partial charge in [0.25, 0.3) is 0 Å². The predicted octanol–water partition coefficient (Wildman–Crippen LogP) is 1.32. The summed E-state index contributed by atoms with van der Waals surface area (Å²) >= 11 is 0. The number of carbonyl (C=O) groups excluding carboxylic acids is 1. The number of nitrogens with zero attached hydrogens (tertiary/aromatic N) is 1. The van der Waals surface area contributed by atoms with Crippen LogP contribution in [0.4, 0.5) is 0 Å². The van der Waals surface area contributed by atoms with Gasteiger partial charge >= 0.3 is 0 Å². The third kappa shape index (κ3) is 3.68. The van der Waals surface area contributed by atoms with E-state index in [1.807, 2.05) is 30.3 Å². The molecule has 0 radical (unpaired) electrons. The van der Waals surface area contributed by atoms with Crippen LogP contribution in [-0.2, 0) is 34.2 Å². The lowest BCUT2D eigenvalue weighted by Crippen LogP contribution is -2.52. The van der Waals surface area contributed by atoms with Gasteiger partial charge in [-0.15, -0.1) is 0 Å². The van der Waals surface area contributed by atoms with E-state index >= 15 is 0 Å². The molecule has 1 aromatic heterocycles. The van der Waals surface area contributed by atoms with E-state index in [0.29, 0.717) is 19.4 Å². The highest BCUT2D eigenvalue weighted by atomic mass is 32.2. The number of benzene rings is 1. The molecule has 7 heteroatoms. The van der Waals surface area contributed by atoms with Crippen LogP contribution in [0.1, 0.15) is 16.9 Å². The number of hydrogen-bond donors (Lipinski definition) is 1. The van der Waals surface area contributed by atoms with Crippen LogP contribution in [0.5, 0.6) is 0 Å². The van der Waals surface area contributed by atoms with Gasteiger partial charge in [-0.25, -0.2) is 8.42 Å². The van der Waals surface area contributed by atoms with Gasteiger partial charge in [-0.1, -0.05) is 24.3 Å². The van der Waals surface area contributed by atoms with Crippen molar-refractivity contribution < 1.29 is 17.6 Å². The molecule has 0 bridgehead atoms. The van der Waals surface area contributed by atoms with Crippen LogP contribution in [0, 0.1) is 0 Å². The van der Waals surface area contributed by atoms with Crippen LogP contribution in [0.25, 0.3) is 0 Å². The highest BCUT2D eigenvalue weighted by molar-refractivity contribution is 7.88. The average molecular weight is 348 g/mol. The Hall–Kier alpha value is -2.12. The Morgan fingerprint density at radius 2 is 2.00 bits per heavy atom. The summed E-state index contributed by atoms with van der Waals surface area (Å²) in [5.74, 6) is 0.505. The Morgan fingerprint density at radius 1 is 1.25 bits per heavy atom. The van der Waals surface area contributed by atoms with Crippen molar-refractivity contribution in [3.8, 4) is 0 Å². The molecule has 1 aliphatic heterocycles. The fraction of sp³-hybridized carbons (Fsp3) is 0.353. The van der Waals surface area contributed by atoms with Crippen molar-refractivity contribution in [2.75, 3.05) is 12.8 Å². The largest absolute Gasteiger partial charge is 0.469 e. The van der Waals surface area contributed by atoms with Gasteiger partial charge < -0.3 is 9.73 Å². The normalized spacial score (nSPS) is 18.1. The molecule has 2 heterocycles. The molecule has 1 aromatic carbocycles. The zero-order chi connectivity index (χ0) is 17.2. The monoisotopic (exact) mass is 348 g/mol. The number of amides is 1. The Morgan fingerprint density at radius 3 is 2.67 bits per heavy atom. The molecule has 0 fully saturated rings. The number of fused-ring (bicyclic) bond motifs is 1. The first-order chi connectivity index (χ1) is 11.4. The van der Waals surface area contributed by atoms with E-state index in [2.05, 4.69) is 5.32 Å². The lowest BCUT2D eigenvalue weighted by atomic mass is 9.95. The van der Waals surface area contributed by atoms with Crippen LogP contribution >= 0.6 is 0 Å². The maximum atomic E-state index is 12.5. The molecule has 1 atom stereocenters. The van der Waals surface area contributed by atoms with Crippen LogP contribution in [0.15, 0.2) is 47.1 Å². The van der Waals surface area contributed by atoms with Crippen molar-refractivity contribution in [2.24, 2.45) is 0 Å². The highest BCUT2D eigenvalue weighted by Crippen LogP contribution is 2.25. The van der Waals surface area contributed by atoms with E-state index in [-0.39, 0.29) is 12.5 Å². The van der Waals surface area contributed by atoms with E-state index < -0.39 is 16.1 Å². The lowest BCUT2D eigenvalue weighted by molar-refractivity contribution is -0.125. The SMILES string of the molecule is CS(=O)(=O)N1Cc2ccccc2CC1C(=O)NCCc1ccco1. The van der Waals surface area contributed by atoms with Crippen LogP contribution in [0.2, 0.25) is 0 Å². The summed E-state index contributed by atoms with van der Waals surface area (Å²) in [6.45, 7) is 0.632. The zero-order valence-electron chi connectivity index (χ0n) is 13.4. The molecule has 0 saturated heterocycles. The maximum Gasteiger partial charge on any atom is 0.238 e. The molecule has 2 aromatic rings. The van der Waals surface area contributed by atoms with Gasteiger partial charge in [0.2, 0.25) is 15.9 Å². The van der Waals surface area contributed by atoms with Gasteiger partial charge in [0.05, 0.1) is 12.5 Å². The number of furan rings is 1. The van der Waals surface area contributed by atoms with Gasteiger partial charge in [-0.2, -0.15) is 4.31 Å². The molecule has 1 N–H and O–H groups in total. The summed E-state index contributed by atoms with van der Waals surface area (Å²) in [5, 5.41) is 2.82. The maximum absolute atomic E-state index is 12.5. The van der Waals surface area contributed by atoms with Crippen molar-refractivity contribution in [1.82, 2.24) is 9.62 Å². The molecule has 1 amide bonds. The molecule has 1 aliphatic rings. The van der Waals surface area contributed by atoms with Gasteiger partial charge in [0.1, 0.15) is 11.8 Å². The summed E-state index contributed by atoms with van der Waals surface area (Å²) in [7, 11) is -3.48. The summed E-state index contributed by atoms with van der Waals surface area (Å²) in [6.07, 6.45) is 3.68. The smallest absolute Gasteiger partial charge is 0.238 e. The summed E-state index contributed by atoms with van der Waals surface area (Å²) in [5.41, 5.74) is 1.96. The van der Waals surface area contributed by atoms with Gasteiger partial charge in [0.15, 0.2) is 0 Å². The fourth-order valence-corrected chi connectivity index (χ4v) is 3.96. The number of hydrogen-bond acceptors (Lipinski definition) is 4. The van der Waals surface area contributed by atoms with Gasteiger partial charge in [0, 0.05) is 19.5 Å². The first kappa shape index (κ1) is 16.7. The first-order valence-corrected chi connectivity index (χ1v) is 9.63. The first-order valence-electron chi connectivity index (χ1n) is 7.79. The molecule has 3 rings (SSSR count). The minimum absolute atomic E-state index is 0.227. The second kappa shape index (κ2) is 6.78. The topological polar surface area (TPSA) is 79.6 Å². The van der Waals surface area contributed by atoms with Crippen molar-refractivity contribution in [1.29, 1.82) is 0 Å². The number of rotatable bonds is 5.